The van der Waals surface area contributed by atoms with Gasteiger partial charge in [-0.2, -0.15) is 0 Å². The summed E-state index contributed by atoms with van der Waals surface area (Å²) >= 11 is 0. The fourth-order valence-corrected chi connectivity index (χ4v) is 7.25. The number of nitrogens with one attached hydrogen (secondary N) is 4. The monoisotopic (exact) mass is 598 g/mol. The minimum atomic E-state index is -1.17. The molecule has 1 fully saturated rings. The van der Waals surface area contributed by atoms with E-state index in [1.54, 1.807) is 0 Å². The second-order valence-electron chi connectivity index (χ2n) is 12.0. The Morgan fingerprint density at radius 1 is 0.932 bits per heavy atom. The molecule has 0 aromatic carbocycles. The van der Waals surface area contributed by atoms with E-state index in [9.17, 15) is 24.6 Å². The first-order chi connectivity index (χ1) is 21.0. The summed E-state index contributed by atoms with van der Waals surface area (Å²) in [5.41, 5.74) is 9.98. The number of carbonyl (C=O) groups is 3. The lowest BCUT2D eigenvalue weighted by Gasteiger charge is -2.19. The molecule has 3 atom stereocenters. The van der Waals surface area contributed by atoms with Crippen LogP contribution in [0.5, 0.6) is 0 Å². The predicted molar refractivity (Wildman–Crippen MR) is 166 cm³/mol. The van der Waals surface area contributed by atoms with Crippen LogP contribution in [0.2, 0.25) is 0 Å². The number of aromatic nitrogens is 3. The first-order valence-corrected chi connectivity index (χ1v) is 15.0. The van der Waals surface area contributed by atoms with Crippen molar-refractivity contribution >= 4 is 41.5 Å². The molecule has 3 aliphatic rings. The van der Waals surface area contributed by atoms with Gasteiger partial charge in [-0.25, -0.2) is 0 Å². The second kappa shape index (κ2) is 10.9. The molecule has 0 saturated carbocycles. The van der Waals surface area contributed by atoms with Gasteiger partial charge in [-0.15, -0.1) is 0 Å². The van der Waals surface area contributed by atoms with Crippen LogP contribution in [0.4, 0.5) is 0 Å². The van der Waals surface area contributed by atoms with Crippen molar-refractivity contribution < 1.29 is 29.3 Å². The predicted octanol–water partition coefficient (Wildman–Crippen LogP) is 3.08. The van der Waals surface area contributed by atoms with Gasteiger partial charge in [0.2, 0.25) is 0 Å². The molecule has 10 nitrogen and oxygen atoms in total. The Morgan fingerprint density at radius 3 is 2.30 bits per heavy atom. The number of carboxylic acid groups (broad SMARTS) is 1. The summed E-state index contributed by atoms with van der Waals surface area (Å²) in [7, 11) is 1.27. The highest BCUT2D eigenvalue weighted by Gasteiger charge is 2.48. The molecule has 8 bridgehead atoms. The van der Waals surface area contributed by atoms with E-state index in [0.29, 0.717) is 28.9 Å². The normalized spacial score (nSPS) is 24.7. The summed E-state index contributed by atoms with van der Waals surface area (Å²) in [5, 5.41) is 25.3. The molecule has 6 rings (SSSR count). The molecule has 0 spiro atoms. The first-order valence-electron chi connectivity index (χ1n) is 15.0. The number of ether oxygens (including phenoxy) is 1. The van der Waals surface area contributed by atoms with Crippen molar-refractivity contribution in [2.45, 2.75) is 60.5 Å². The Balaban J connectivity index is 1.73. The van der Waals surface area contributed by atoms with E-state index >= 15 is 0 Å². The van der Waals surface area contributed by atoms with E-state index in [1.807, 2.05) is 39.0 Å². The minimum Gasteiger partial charge on any atom is -0.481 e. The Labute approximate surface area is 254 Å². The zero-order valence-corrected chi connectivity index (χ0v) is 25.8. The van der Waals surface area contributed by atoms with Gasteiger partial charge in [-0.1, -0.05) is 13.8 Å². The molecule has 6 N–H and O–H groups in total. The Morgan fingerprint density at radius 2 is 1.64 bits per heavy atom. The maximum Gasteiger partial charge on any atom is 0.321 e. The van der Waals surface area contributed by atoms with Crippen LogP contribution in [-0.4, -0.2) is 50.0 Å². The third-order valence-corrected chi connectivity index (χ3v) is 9.79. The number of ketones is 1. The summed E-state index contributed by atoms with van der Waals surface area (Å²) in [6.07, 6.45) is 7.02. The molecule has 1 aliphatic carbocycles. The molecule has 3 aromatic rings. The van der Waals surface area contributed by atoms with Crippen LogP contribution in [0.25, 0.3) is 23.8 Å². The van der Waals surface area contributed by atoms with E-state index < -0.39 is 17.9 Å². The van der Waals surface area contributed by atoms with Gasteiger partial charge in [0.15, 0.2) is 5.78 Å². The molecule has 10 heteroatoms. The molecular weight excluding hydrogens is 560 g/mol. The quantitative estimate of drug-likeness (QED) is 0.188. The highest BCUT2D eigenvalue weighted by molar-refractivity contribution is 6.24. The fraction of sp³-hybridized carbons (Fsp3) is 0.382. The number of rotatable bonds is 6. The number of hydrogen-bond donors (Lipinski definition) is 6. The molecule has 0 amide bonds. The standard InChI is InChI=1S/C34H38N4O6/c1-7-18-14(2)22-11-26-20(13-39)16(4)21(36-26)10-23-15(3)19(8-9-27(40)41)31(37-23)29-30(34(43)44-6)33(42)28-17(5)24(38-32(28)29)12-25(18)35-22/h10-12,15,19,30,35-39H,7-9,13H2,1-6H3,(H,40,41)/b22-11-,23-10-,25-12-,31-29-/t15-,19-,30+/m0/s1. The fourth-order valence-electron chi connectivity index (χ4n) is 7.25. The van der Waals surface area contributed by atoms with Crippen molar-refractivity contribution in [2.24, 2.45) is 17.8 Å². The summed E-state index contributed by atoms with van der Waals surface area (Å²) in [4.78, 5) is 49.5. The third kappa shape index (κ3) is 4.39. The molecule has 2 aliphatic heterocycles. The smallest absolute Gasteiger partial charge is 0.321 e. The number of fused-ring (bicyclic) bond motifs is 7. The molecule has 0 radical (unpaired) electrons. The molecule has 44 heavy (non-hydrogen) atoms. The van der Waals surface area contributed by atoms with Gasteiger partial charge in [0.05, 0.1) is 19.4 Å². The van der Waals surface area contributed by atoms with Gasteiger partial charge in [-0.05, 0) is 74.1 Å². The number of H-pyrrole nitrogens is 3. The van der Waals surface area contributed by atoms with Gasteiger partial charge >= 0.3 is 11.9 Å². The zero-order valence-electron chi connectivity index (χ0n) is 25.8. The van der Waals surface area contributed by atoms with Crippen LogP contribution < -0.4 is 16.0 Å². The van der Waals surface area contributed by atoms with Crippen LogP contribution in [-0.2, 0) is 27.4 Å². The highest BCUT2D eigenvalue weighted by Crippen LogP contribution is 2.48. The number of hydrogen-bond acceptors (Lipinski definition) is 6. The van der Waals surface area contributed by atoms with Gasteiger partial charge in [0.1, 0.15) is 5.92 Å². The summed E-state index contributed by atoms with van der Waals surface area (Å²) in [6.45, 7) is 9.87. The van der Waals surface area contributed by atoms with Crippen LogP contribution in [0.1, 0.15) is 87.6 Å². The zero-order chi connectivity index (χ0) is 31.6. The van der Waals surface area contributed by atoms with Crippen LogP contribution >= 0.6 is 0 Å². The Kier molecular flexibility index (Phi) is 7.28. The third-order valence-electron chi connectivity index (χ3n) is 9.79. The van der Waals surface area contributed by atoms with E-state index in [-0.39, 0.29) is 30.6 Å². The molecule has 1 saturated heterocycles. The van der Waals surface area contributed by atoms with E-state index in [2.05, 4.69) is 34.1 Å². The molecular formula is C34H38N4O6. The number of aliphatic carboxylic acids is 1. The molecule has 5 heterocycles. The van der Waals surface area contributed by atoms with Gasteiger partial charge in [0.25, 0.3) is 0 Å². The van der Waals surface area contributed by atoms with Crippen molar-refractivity contribution in [2.75, 3.05) is 7.11 Å². The molecule has 3 aromatic heterocycles. The molecule has 0 unspecified atom stereocenters. The topological polar surface area (TPSA) is 160 Å². The lowest BCUT2D eigenvalue weighted by Crippen LogP contribution is -2.25. The Hall–Kier alpha value is -4.57. The van der Waals surface area contributed by atoms with Gasteiger partial charge < -0.3 is 35.2 Å². The number of carbonyl (C=O) groups excluding carboxylic acids is 2. The van der Waals surface area contributed by atoms with Gasteiger partial charge in [0, 0.05) is 74.1 Å². The number of methoxy groups -OCH3 is 1. The minimum absolute atomic E-state index is 0.0728. The first kappa shape index (κ1) is 29.5. The maximum absolute atomic E-state index is 14.0. The van der Waals surface area contributed by atoms with Crippen molar-refractivity contribution in [3.63, 3.8) is 0 Å². The maximum atomic E-state index is 14.0. The van der Waals surface area contributed by atoms with Gasteiger partial charge in [-0.3, -0.25) is 14.4 Å². The average Bonchev–Trinajstić information content (AvgIpc) is 3.72. The summed E-state index contributed by atoms with van der Waals surface area (Å²) in [6, 6.07) is 0. The lowest BCUT2D eigenvalue weighted by molar-refractivity contribution is -0.142. The van der Waals surface area contributed by atoms with E-state index in [4.69, 9.17) is 4.74 Å². The number of esters is 1. The number of aliphatic hydroxyl groups is 1. The van der Waals surface area contributed by atoms with Crippen LogP contribution in [0, 0.1) is 38.5 Å². The largest absolute Gasteiger partial charge is 0.481 e. The number of aromatic amines is 3. The summed E-state index contributed by atoms with van der Waals surface area (Å²) in [5.74, 6) is -3.54. The Bertz CT molecular complexity index is 1930. The lowest BCUT2D eigenvalue weighted by atomic mass is 9.85. The number of allylic oxidation sites excluding steroid dienone is 2. The highest BCUT2D eigenvalue weighted by atomic mass is 16.5. The molecule has 230 valence electrons. The summed E-state index contributed by atoms with van der Waals surface area (Å²) < 4.78 is 5.14. The van der Waals surface area contributed by atoms with Crippen molar-refractivity contribution in [3.05, 3.63) is 78.2 Å². The second-order valence-corrected chi connectivity index (χ2v) is 12.0. The van der Waals surface area contributed by atoms with Crippen LogP contribution in [0.3, 0.4) is 0 Å². The van der Waals surface area contributed by atoms with Crippen molar-refractivity contribution in [3.8, 4) is 0 Å². The number of aliphatic hydroxyl groups excluding tert-OH is 1. The van der Waals surface area contributed by atoms with Crippen LogP contribution in [0.15, 0.2) is 11.4 Å². The average molecular weight is 599 g/mol. The van der Waals surface area contributed by atoms with Crippen molar-refractivity contribution in [1.29, 1.82) is 0 Å². The van der Waals surface area contributed by atoms with Crippen molar-refractivity contribution in [1.82, 2.24) is 20.3 Å². The SMILES string of the molecule is CCc1c(C)/c2[nH]/c1=C\c1[nH]c3c(c1C)C(=O)[C@H](C(=O)OC)/C3=C1/N/C(=C\c3[nH]c(c(CO)c3C)\C=2)[C@@H](C)[C@@H]1CCC(=O)O. The van der Waals surface area contributed by atoms with E-state index in [0.717, 1.165) is 67.7 Å². The number of Topliss-reactive ketones (excluding diaryl/α,β-unsaturated/α-hetero) is 1. The number of carboxylic acids is 1. The van der Waals surface area contributed by atoms with E-state index in [1.165, 1.54) is 7.11 Å².